The Morgan fingerprint density at radius 3 is 1.67 bits per heavy atom. The fraction of sp³-hybridized carbons (Fsp3) is 0.750. The molecule has 6 heteroatoms. The van der Waals surface area contributed by atoms with Gasteiger partial charge in [-0.1, -0.05) is 6.92 Å². The number of ether oxygens (including phenoxy) is 2. The van der Waals surface area contributed by atoms with Gasteiger partial charge in [-0.2, -0.15) is 0 Å². The first-order valence-corrected chi connectivity index (χ1v) is 6.14. The van der Waals surface area contributed by atoms with Crippen molar-refractivity contribution in [2.75, 3.05) is 26.3 Å². The number of nitrogens with zero attached hydrogens (tertiary/aromatic N) is 1. The van der Waals surface area contributed by atoms with Gasteiger partial charge in [-0.3, -0.25) is 14.4 Å². The highest BCUT2D eigenvalue weighted by Gasteiger charge is 2.20. The first-order valence-electron chi connectivity index (χ1n) is 6.14. The summed E-state index contributed by atoms with van der Waals surface area (Å²) in [6.07, 6.45) is 0.944. The van der Waals surface area contributed by atoms with Crippen LogP contribution in [-0.4, -0.2) is 49.0 Å². The molecule has 0 fully saturated rings. The molecule has 0 aliphatic heterocycles. The fourth-order valence-electron chi connectivity index (χ4n) is 1.33. The van der Waals surface area contributed by atoms with Crippen LogP contribution < -0.4 is 0 Å². The van der Waals surface area contributed by atoms with Crippen molar-refractivity contribution in [3.63, 3.8) is 0 Å². The van der Waals surface area contributed by atoms with Crippen molar-refractivity contribution in [1.29, 1.82) is 0 Å². The lowest BCUT2D eigenvalue weighted by atomic mass is 10.3. The zero-order valence-electron chi connectivity index (χ0n) is 11.2. The molecule has 6 nitrogen and oxygen atoms in total. The van der Waals surface area contributed by atoms with E-state index in [2.05, 4.69) is 0 Å². The van der Waals surface area contributed by atoms with Crippen LogP contribution >= 0.6 is 0 Å². The number of hydrogen-bond donors (Lipinski definition) is 0. The quantitative estimate of drug-likeness (QED) is 0.601. The molecule has 0 bridgehead atoms. The molecular weight excluding hydrogens is 238 g/mol. The van der Waals surface area contributed by atoms with E-state index >= 15 is 0 Å². The van der Waals surface area contributed by atoms with Crippen molar-refractivity contribution in [2.45, 2.75) is 33.6 Å². The molecule has 0 rings (SSSR count). The summed E-state index contributed by atoms with van der Waals surface area (Å²) < 4.78 is 9.51. The lowest BCUT2D eigenvalue weighted by Gasteiger charge is -2.20. The molecule has 0 saturated carbocycles. The van der Waals surface area contributed by atoms with E-state index in [1.807, 2.05) is 6.92 Å². The van der Waals surface area contributed by atoms with Gasteiger partial charge in [0, 0.05) is 6.42 Å². The molecule has 0 unspecified atom stereocenters. The highest BCUT2D eigenvalue weighted by Crippen LogP contribution is 1.99. The Balaban J connectivity index is 4.46. The minimum Gasteiger partial charge on any atom is -0.465 e. The highest BCUT2D eigenvalue weighted by molar-refractivity contribution is 5.85. The third-order valence-electron chi connectivity index (χ3n) is 2.07. The second-order valence-electron chi connectivity index (χ2n) is 3.61. The molecular formula is C12H21NO5. The van der Waals surface area contributed by atoms with Crippen LogP contribution in [0.1, 0.15) is 33.6 Å². The van der Waals surface area contributed by atoms with E-state index in [4.69, 9.17) is 9.47 Å². The van der Waals surface area contributed by atoms with Gasteiger partial charge in [-0.15, -0.1) is 0 Å². The minimum absolute atomic E-state index is 0.217. The molecule has 0 atom stereocenters. The van der Waals surface area contributed by atoms with Crippen LogP contribution in [0.4, 0.5) is 0 Å². The van der Waals surface area contributed by atoms with Crippen molar-refractivity contribution in [1.82, 2.24) is 4.90 Å². The Morgan fingerprint density at radius 1 is 0.889 bits per heavy atom. The summed E-state index contributed by atoms with van der Waals surface area (Å²) in [5.41, 5.74) is 0. The fourth-order valence-corrected chi connectivity index (χ4v) is 1.33. The summed E-state index contributed by atoms with van der Waals surface area (Å²) in [6, 6.07) is 0. The van der Waals surface area contributed by atoms with Gasteiger partial charge in [-0.25, -0.2) is 0 Å². The Bertz CT molecular complexity index is 270. The van der Waals surface area contributed by atoms with Gasteiger partial charge in [0.05, 0.1) is 13.2 Å². The lowest BCUT2D eigenvalue weighted by molar-refractivity contribution is -0.154. The Labute approximate surface area is 107 Å². The number of esters is 2. The van der Waals surface area contributed by atoms with Gasteiger partial charge in [0.25, 0.3) is 0 Å². The van der Waals surface area contributed by atoms with E-state index in [1.165, 1.54) is 4.90 Å². The van der Waals surface area contributed by atoms with Crippen LogP contribution in [0.5, 0.6) is 0 Å². The number of carbonyl (C=O) groups excluding carboxylic acids is 3. The highest BCUT2D eigenvalue weighted by atomic mass is 16.5. The molecule has 104 valence electrons. The summed E-state index contributed by atoms with van der Waals surface area (Å²) >= 11 is 0. The second kappa shape index (κ2) is 9.44. The SMILES string of the molecule is CCCC(=O)N(CC(=O)OCC)CC(=O)OCC. The summed E-state index contributed by atoms with van der Waals surface area (Å²) in [5, 5.41) is 0. The summed E-state index contributed by atoms with van der Waals surface area (Å²) in [6.45, 7) is 5.27. The Kier molecular flexibility index (Phi) is 8.61. The van der Waals surface area contributed by atoms with Gasteiger partial charge < -0.3 is 14.4 Å². The zero-order chi connectivity index (χ0) is 14.0. The minimum atomic E-state index is -0.522. The zero-order valence-corrected chi connectivity index (χ0v) is 11.2. The largest absolute Gasteiger partial charge is 0.465 e. The van der Waals surface area contributed by atoms with E-state index in [1.54, 1.807) is 13.8 Å². The Morgan fingerprint density at radius 2 is 1.33 bits per heavy atom. The molecule has 18 heavy (non-hydrogen) atoms. The molecule has 0 aliphatic rings. The molecule has 0 radical (unpaired) electrons. The average Bonchev–Trinajstić information content (AvgIpc) is 2.29. The number of hydrogen-bond acceptors (Lipinski definition) is 5. The van der Waals surface area contributed by atoms with Crippen LogP contribution in [0, 0.1) is 0 Å². The third-order valence-corrected chi connectivity index (χ3v) is 2.07. The van der Waals surface area contributed by atoms with E-state index in [0.29, 0.717) is 12.8 Å². The topological polar surface area (TPSA) is 72.9 Å². The molecule has 0 aromatic carbocycles. The monoisotopic (exact) mass is 259 g/mol. The molecule has 0 spiro atoms. The molecule has 0 N–H and O–H groups in total. The summed E-state index contributed by atoms with van der Waals surface area (Å²) in [7, 11) is 0. The van der Waals surface area contributed by atoms with E-state index in [9.17, 15) is 14.4 Å². The average molecular weight is 259 g/mol. The number of carbonyl (C=O) groups is 3. The second-order valence-corrected chi connectivity index (χ2v) is 3.61. The van der Waals surface area contributed by atoms with Gasteiger partial charge in [0.1, 0.15) is 13.1 Å². The van der Waals surface area contributed by atoms with Gasteiger partial charge in [0.15, 0.2) is 0 Å². The van der Waals surface area contributed by atoms with Crippen molar-refractivity contribution in [2.24, 2.45) is 0 Å². The number of rotatable bonds is 8. The Hall–Kier alpha value is -1.59. The van der Waals surface area contributed by atoms with Gasteiger partial charge >= 0.3 is 11.9 Å². The molecule has 0 aromatic rings. The maximum atomic E-state index is 11.7. The van der Waals surface area contributed by atoms with Crippen LogP contribution in [0.3, 0.4) is 0 Å². The first-order chi connectivity index (χ1) is 8.54. The van der Waals surface area contributed by atoms with Crippen molar-refractivity contribution < 1.29 is 23.9 Å². The van der Waals surface area contributed by atoms with Crippen molar-refractivity contribution in [3.05, 3.63) is 0 Å². The summed E-state index contributed by atoms with van der Waals surface area (Å²) in [5.74, 6) is -1.30. The van der Waals surface area contributed by atoms with Gasteiger partial charge in [0.2, 0.25) is 5.91 Å². The molecule has 0 heterocycles. The van der Waals surface area contributed by atoms with E-state index < -0.39 is 11.9 Å². The third kappa shape index (κ3) is 6.88. The maximum Gasteiger partial charge on any atom is 0.325 e. The first kappa shape index (κ1) is 16.4. The van der Waals surface area contributed by atoms with Crippen LogP contribution in [0.15, 0.2) is 0 Å². The molecule has 0 saturated heterocycles. The van der Waals surface area contributed by atoms with E-state index in [0.717, 1.165) is 0 Å². The maximum absolute atomic E-state index is 11.7. The smallest absolute Gasteiger partial charge is 0.325 e. The van der Waals surface area contributed by atoms with Gasteiger partial charge in [-0.05, 0) is 20.3 Å². The van der Waals surface area contributed by atoms with E-state index in [-0.39, 0.29) is 32.2 Å². The number of amides is 1. The van der Waals surface area contributed by atoms with Crippen molar-refractivity contribution in [3.8, 4) is 0 Å². The lowest BCUT2D eigenvalue weighted by Crippen LogP contribution is -2.40. The van der Waals surface area contributed by atoms with Crippen LogP contribution in [0.25, 0.3) is 0 Å². The standard InChI is InChI=1S/C12H21NO5/c1-4-7-10(14)13(8-11(15)17-5-2)9-12(16)18-6-3/h4-9H2,1-3H3. The molecule has 1 amide bonds. The predicted octanol–water partition coefficient (Wildman–Crippen LogP) is 0.741. The molecule has 0 aliphatic carbocycles. The summed E-state index contributed by atoms with van der Waals surface area (Å²) in [4.78, 5) is 35.6. The predicted molar refractivity (Wildman–Crippen MR) is 64.8 cm³/mol. The van der Waals surface area contributed by atoms with Crippen LogP contribution in [-0.2, 0) is 23.9 Å². The van der Waals surface area contributed by atoms with Crippen molar-refractivity contribution >= 4 is 17.8 Å². The normalized spacial score (nSPS) is 9.72. The molecule has 0 aromatic heterocycles. The van der Waals surface area contributed by atoms with Crippen LogP contribution in [0.2, 0.25) is 0 Å².